The molecule has 8 aromatic carbocycles. The van der Waals surface area contributed by atoms with Crippen LogP contribution in [0.15, 0.2) is 152 Å². The Balaban J connectivity index is 1.36. The molecule has 0 saturated heterocycles. The molecule has 0 aliphatic rings. The fourth-order valence-electron chi connectivity index (χ4n) is 7.22. The molecule has 0 heteroatoms. The predicted molar refractivity (Wildman–Crippen MR) is 191 cm³/mol. The highest BCUT2D eigenvalue weighted by molar-refractivity contribution is 6.19. The lowest BCUT2D eigenvalue weighted by atomic mass is 9.77. The van der Waals surface area contributed by atoms with Crippen LogP contribution in [-0.2, 0) is 5.41 Å². The van der Waals surface area contributed by atoms with E-state index in [0.29, 0.717) is 0 Å². The van der Waals surface area contributed by atoms with Gasteiger partial charge in [0, 0.05) is 0 Å². The third-order valence-corrected chi connectivity index (χ3v) is 9.15. The van der Waals surface area contributed by atoms with E-state index in [0.717, 1.165) is 0 Å². The molecule has 0 aliphatic heterocycles. The Morgan fingerprint density at radius 3 is 1.48 bits per heavy atom. The van der Waals surface area contributed by atoms with Gasteiger partial charge >= 0.3 is 0 Å². The zero-order valence-corrected chi connectivity index (χ0v) is 25.4. The van der Waals surface area contributed by atoms with E-state index in [-0.39, 0.29) is 5.41 Å². The van der Waals surface area contributed by atoms with Crippen LogP contribution in [-0.4, -0.2) is 0 Å². The molecule has 0 aromatic heterocycles. The van der Waals surface area contributed by atoms with Gasteiger partial charge in [0.1, 0.15) is 0 Å². The first-order valence-electron chi connectivity index (χ1n) is 15.5. The largest absolute Gasteiger partial charge is 0.0616 e. The molecular weight excluding hydrogens is 528 g/mol. The molecule has 44 heavy (non-hydrogen) atoms. The Labute approximate surface area is 259 Å². The van der Waals surface area contributed by atoms with Crippen LogP contribution in [0, 0.1) is 0 Å². The molecule has 8 rings (SSSR count). The fourth-order valence-corrected chi connectivity index (χ4v) is 7.22. The van der Waals surface area contributed by atoms with Crippen LogP contribution in [0.5, 0.6) is 0 Å². The lowest BCUT2D eigenvalue weighted by Gasteiger charge is -2.27. The zero-order chi connectivity index (χ0) is 29.8. The lowest BCUT2D eigenvalue weighted by Crippen LogP contribution is -2.13. The van der Waals surface area contributed by atoms with E-state index in [1.165, 1.54) is 82.0 Å². The van der Waals surface area contributed by atoms with Crippen molar-refractivity contribution in [2.45, 2.75) is 26.2 Å². The number of benzene rings is 8. The van der Waals surface area contributed by atoms with Gasteiger partial charge in [-0.25, -0.2) is 0 Å². The molecule has 0 atom stereocenters. The van der Waals surface area contributed by atoms with Crippen LogP contribution in [0.3, 0.4) is 0 Å². The standard InChI is InChI=1S/C44H34/c1-44(2,3)43-40-19-9-8-18-38(40)42(37-21-11-15-31-13-5-7-17-36(31)37)39-27-26-33(28-41(39)43)29-22-24-32(25-23-29)35-20-10-14-30-12-4-6-16-34(30)35/h4-28H,1-3H3. The van der Waals surface area contributed by atoms with Gasteiger partial charge in [-0.15, -0.1) is 0 Å². The molecule has 0 amide bonds. The highest BCUT2D eigenvalue weighted by Gasteiger charge is 2.24. The first-order valence-corrected chi connectivity index (χ1v) is 15.5. The van der Waals surface area contributed by atoms with E-state index in [1.54, 1.807) is 0 Å². The zero-order valence-electron chi connectivity index (χ0n) is 25.4. The molecule has 0 heterocycles. The molecular formula is C44H34. The van der Waals surface area contributed by atoms with Gasteiger partial charge in [-0.2, -0.15) is 0 Å². The van der Waals surface area contributed by atoms with Crippen molar-refractivity contribution < 1.29 is 0 Å². The summed E-state index contributed by atoms with van der Waals surface area (Å²) in [5, 5.41) is 10.4. The van der Waals surface area contributed by atoms with Gasteiger partial charge in [0.2, 0.25) is 0 Å². The maximum atomic E-state index is 2.43. The second-order valence-corrected chi connectivity index (χ2v) is 12.9. The maximum Gasteiger partial charge on any atom is -0.00204 e. The van der Waals surface area contributed by atoms with Crippen LogP contribution in [0.25, 0.3) is 76.5 Å². The van der Waals surface area contributed by atoms with E-state index >= 15 is 0 Å². The van der Waals surface area contributed by atoms with Gasteiger partial charge in [-0.05, 0) is 93.5 Å². The first-order chi connectivity index (χ1) is 21.5. The highest BCUT2D eigenvalue weighted by Crippen LogP contribution is 2.46. The number of hydrogen-bond donors (Lipinski definition) is 0. The Kier molecular flexibility index (Phi) is 6.13. The van der Waals surface area contributed by atoms with Crippen LogP contribution in [0.2, 0.25) is 0 Å². The Morgan fingerprint density at radius 1 is 0.341 bits per heavy atom. The molecule has 0 saturated carbocycles. The molecule has 8 aromatic rings. The normalized spacial score (nSPS) is 12.0. The van der Waals surface area contributed by atoms with Crippen molar-refractivity contribution in [3.05, 3.63) is 157 Å². The number of rotatable bonds is 3. The van der Waals surface area contributed by atoms with E-state index < -0.39 is 0 Å². The third kappa shape index (κ3) is 4.29. The quantitative estimate of drug-likeness (QED) is 0.188. The summed E-state index contributed by atoms with van der Waals surface area (Å²) in [7, 11) is 0. The molecule has 210 valence electrons. The summed E-state index contributed by atoms with van der Waals surface area (Å²) in [6, 6.07) is 55.9. The summed E-state index contributed by atoms with van der Waals surface area (Å²) in [6.45, 7) is 7.03. The fraction of sp³-hybridized carbons (Fsp3) is 0.0909. The second kappa shape index (κ2) is 10.2. The highest BCUT2D eigenvalue weighted by atomic mass is 14.3. The summed E-state index contributed by atoms with van der Waals surface area (Å²) >= 11 is 0. The smallest absolute Gasteiger partial charge is 0.00204 e. The van der Waals surface area contributed by atoms with Crippen molar-refractivity contribution in [2.75, 3.05) is 0 Å². The third-order valence-electron chi connectivity index (χ3n) is 9.15. The molecule has 0 unspecified atom stereocenters. The molecule has 0 radical (unpaired) electrons. The number of hydrogen-bond acceptors (Lipinski definition) is 0. The van der Waals surface area contributed by atoms with E-state index in [4.69, 9.17) is 0 Å². The van der Waals surface area contributed by atoms with Gasteiger partial charge < -0.3 is 0 Å². The van der Waals surface area contributed by atoms with Crippen LogP contribution < -0.4 is 0 Å². The molecule has 0 bridgehead atoms. The minimum Gasteiger partial charge on any atom is -0.0616 e. The minimum absolute atomic E-state index is 0.0357. The average molecular weight is 563 g/mol. The molecule has 0 fully saturated rings. The van der Waals surface area contributed by atoms with Gasteiger partial charge in [0.05, 0.1) is 0 Å². The lowest BCUT2D eigenvalue weighted by molar-refractivity contribution is 0.601. The Morgan fingerprint density at radius 2 is 0.818 bits per heavy atom. The Hall–Kier alpha value is -5.20. The van der Waals surface area contributed by atoms with Crippen molar-refractivity contribution in [1.29, 1.82) is 0 Å². The molecule has 0 N–H and O–H groups in total. The summed E-state index contributed by atoms with van der Waals surface area (Å²) in [5.74, 6) is 0. The monoisotopic (exact) mass is 562 g/mol. The van der Waals surface area contributed by atoms with Crippen LogP contribution in [0.1, 0.15) is 26.3 Å². The van der Waals surface area contributed by atoms with Gasteiger partial charge in [-0.1, -0.05) is 166 Å². The second-order valence-electron chi connectivity index (χ2n) is 12.9. The molecule has 0 spiro atoms. The predicted octanol–water partition coefficient (Wildman–Crippen LogP) is 12.6. The Bertz CT molecular complexity index is 2340. The maximum absolute atomic E-state index is 2.43. The average Bonchev–Trinajstić information content (AvgIpc) is 3.06. The van der Waals surface area contributed by atoms with E-state index in [2.05, 4.69) is 172 Å². The van der Waals surface area contributed by atoms with Crippen LogP contribution >= 0.6 is 0 Å². The van der Waals surface area contributed by atoms with Crippen molar-refractivity contribution >= 4 is 43.1 Å². The summed E-state index contributed by atoms with van der Waals surface area (Å²) < 4.78 is 0. The number of fused-ring (bicyclic) bond motifs is 4. The van der Waals surface area contributed by atoms with Crippen molar-refractivity contribution in [3.8, 4) is 33.4 Å². The topological polar surface area (TPSA) is 0 Å². The first kappa shape index (κ1) is 26.4. The van der Waals surface area contributed by atoms with Gasteiger partial charge in [0.15, 0.2) is 0 Å². The summed E-state index contributed by atoms with van der Waals surface area (Å²) in [4.78, 5) is 0. The van der Waals surface area contributed by atoms with Crippen LogP contribution in [0.4, 0.5) is 0 Å². The summed E-state index contributed by atoms with van der Waals surface area (Å²) in [5.41, 5.74) is 8.96. The summed E-state index contributed by atoms with van der Waals surface area (Å²) in [6.07, 6.45) is 0. The van der Waals surface area contributed by atoms with E-state index in [1.807, 2.05) is 0 Å². The molecule has 0 nitrogen and oxygen atoms in total. The van der Waals surface area contributed by atoms with Crippen molar-refractivity contribution in [2.24, 2.45) is 0 Å². The minimum atomic E-state index is -0.0357. The van der Waals surface area contributed by atoms with Crippen molar-refractivity contribution in [1.82, 2.24) is 0 Å². The van der Waals surface area contributed by atoms with Gasteiger partial charge in [0.25, 0.3) is 0 Å². The van der Waals surface area contributed by atoms with Crippen molar-refractivity contribution in [3.63, 3.8) is 0 Å². The van der Waals surface area contributed by atoms with Gasteiger partial charge in [-0.3, -0.25) is 0 Å². The van der Waals surface area contributed by atoms with E-state index in [9.17, 15) is 0 Å². The SMILES string of the molecule is CC(C)(C)c1c2ccccc2c(-c2cccc3ccccc23)c2ccc(-c3ccc(-c4cccc5ccccc45)cc3)cc12. The molecule has 0 aliphatic carbocycles.